The molecule has 1 aromatic heterocycles. The van der Waals surface area contributed by atoms with E-state index in [1.165, 1.54) is 33.2 Å². The van der Waals surface area contributed by atoms with Gasteiger partial charge in [0, 0.05) is 44.1 Å². The maximum absolute atomic E-state index is 6.67. The monoisotopic (exact) mass is 817 g/mol. The quantitative estimate of drug-likeness (QED) is 0.176. The molecule has 1 aliphatic carbocycles. The smallest absolute Gasteiger partial charge is 0.145 e. The van der Waals surface area contributed by atoms with Crippen molar-refractivity contribution in [1.82, 2.24) is 10.3 Å². The Morgan fingerprint density at radius 1 is 0.453 bits per heavy atom. The van der Waals surface area contributed by atoms with E-state index < -0.39 is 5.41 Å². The van der Waals surface area contributed by atoms with Crippen LogP contribution in [0.25, 0.3) is 60.9 Å². The first-order valence-electron chi connectivity index (χ1n) is 21.9. The molecule has 10 aromatic rings. The number of hydrogen-bond donors (Lipinski definition) is 1. The lowest BCUT2D eigenvalue weighted by molar-refractivity contribution is 0.436. The van der Waals surface area contributed by atoms with Crippen molar-refractivity contribution >= 4 is 33.1 Å². The van der Waals surface area contributed by atoms with Crippen LogP contribution < -0.4 is 10.1 Å². The van der Waals surface area contributed by atoms with Gasteiger partial charge < -0.3 is 10.1 Å². The van der Waals surface area contributed by atoms with Crippen molar-refractivity contribution in [2.24, 2.45) is 4.99 Å². The Morgan fingerprint density at radius 3 is 1.81 bits per heavy atom. The van der Waals surface area contributed by atoms with Crippen LogP contribution in [0.4, 0.5) is 0 Å². The van der Waals surface area contributed by atoms with E-state index in [4.69, 9.17) is 14.7 Å². The molecule has 300 valence electrons. The second kappa shape index (κ2) is 14.4. The van der Waals surface area contributed by atoms with E-state index in [2.05, 4.69) is 230 Å². The van der Waals surface area contributed by atoms with Gasteiger partial charge in [0.05, 0.1) is 22.3 Å². The lowest BCUT2D eigenvalue weighted by atomic mass is 9.66. The molecule has 4 nitrogen and oxygen atoms in total. The summed E-state index contributed by atoms with van der Waals surface area (Å²) in [5.74, 6) is 1.77. The van der Waals surface area contributed by atoms with Crippen LogP contribution in [-0.2, 0) is 5.41 Å². The standard InChI is InChI=1S/C60H39N3O/c1-4-17-38(18-5-1)41-23-16-24-42(35-41)51-37-52(63-59(62-51)40-21-8-3-9-22-40)43-31-32-45-53(36-43)61-58(39-19-6-2-7-20-39)46-33-34-50-57(56(45)46)44-25-10-11-26-47(44)60(50)48-27-12-14-29-54(48)64-55-30-15-13-28-49(55)60/h1-37,59,63H. The molecule has 1 spiro atoms. The molecule has 13 rings (SSSR count). The summed E-state index contributed by atoms with van der Waals surface area (Å²) < 4.78 is 6.67. The van der Waals surface area contributed by atoms with Crippen LogP contribution in [0.5, 0.6) is 11.5 Å². The first kappa shape index (κ1) is 36.3. The molecule has 3 aliphatic rings. The third-order valence-corrected chi connectivity index (χ3v) is 13.3. The lowest BCUT2D eigenvalue weighted by Gasteiger charge is -2.39. The van der Waals surface area contributed by atoms with Crippen LogP contribution in [0, 0.1) is 0 Å². The van der Waals surface area contributed by atoms with E-state index in [0.717, 1.165) is 83.8 Å². The van der Waals surface area contributed by atoms with E-state index in [0.29, 0.717) is 0 Å². The Labute approximate surface area is 371 Å². The number of aromatic nitrogens is 1. The Kier molecular flexibility index (Phi) is 8.16. The molecular formula is C60H39N3O. The molecule has 2 aliphatic heterocycles. The summed E-state index contributed by atoms with van der Waals surface area (Å²) in [6.07, 6.45) is 1.92. The topological polar surface area (TPSA) is 46.5 Å². The summed E-state index contributed by atoms with van der Waals surface area (Å²) in [5, 5.41) is 7.26. The van der Waals surface area contributed by atoms with Gasteiger partial charge in [-0.2, -0.15) is 0 Å². The number of benzene rings is 9. The summed E-state index contributed by atoms with van der Waals surface area (Å²) in [6.45, 7) is 0. The average Bonchev–Trinajstić information content (AvgIpc) is 3.67. The number of aliphatic imine (C=N–C) groups is 1. The SMILES string of the molecule is C1=C(c2ccc3c(c2)nc(-c2ccccc2)c2ccc4c(c23)-c2ccccc2C42c3ccccc3Oc3ccccc32)NC(c2ccccc2)N=C1c1cccc(-c2ccccc2)c1. The minimum absolute atomic E-state index is 0.280. The van der Waals surface area contributed by atoms with Gasteiger partial charge in [-0.1, -0.05) is 194 Å². The highest BCUT2D eigenvalue weighted by Crippen LogP contribution is 2.63. The lowest BCUT2D eigenvalue weighted by Crippen LogP contribution is -2.32. The second-order valence-corrected chi connectivity index (χ2v) is 16.8. The van der Waals surface area contributed by atoms with E-state index >= 15 is 0 Å². The van der Waals surface area contributed by atoms with Crippen LogP contribution in [-0.4, -0.2) is 10.7 Å². The maximum atomic E-state index is 6.67. The zero-order valence-electron chi connectivity index (χ0n) is 34.7. The molecule has 1 unspecified atom stereocenters. The number of nitrogens with one attached hydrogen (secondary N) is 1. The zero-order valence-corrected chi connectivity index (χ0v) is 34.7. The van der Waals surface area contributed by atoms with Gasteiger partial charge in [-0.25, -0.2) is 4.98 Å². The first-order chi connectivity index (χ1) is 31.7. The Hall–Kier alpha value is -8.34. The molecule has 0 fully saturated rings. The van der Waals surface area contributed by atoms with Crippen LogP contribution in [0.1, 0.15) is 45.1 Å². The van der Waals surface area contributed by atoms with E-state index in [9.17, 15) is 0 Å². The number of hydrogen-bond acceptors (Lipinski definition) is 4. The molecule has 0 radical (unpaired) electrons. The van der Waals surface area contributed by atoms with Crippen LogP contribution in [0.3, 0.4) is 0 Å². The number of pyridine rings is 1. The van der Waals surface area contributed by atoms with Crippen molar-refractivity contribution < 1.29 is 4.74 Å². The van der Waals surface area contributed by atoms with Gasteiger partial charge in [0.2, 0.25) is 0 Å². The Balaban J connectivity index is 1.05. The largest absolute Gasteiger partial charge is 0.457 e. The highest BCUT2D eigenvalue weighted by atomic mass is 16.5. The highest BCUT2D eigenvalue weighted by Gasteiger charge is 2.51. The molecule has 0 saturated carbocycles. The molecule has 3 heterocycles. The van der Waals surface area contributed by atoms with Gasteiger partial charge in [0.1, 0.15) is 17.7 Å². The molecule has 0 saturated heterocycles. The van der Waals surface area contributed by atoms with Crippen molar-refractivity contribution in [3.63, 3.8) is 0 Å². The fraction of sp³-hybridized carbons (Fsp3) is 0.0333. The summed E-state index contributed by atoms with van der Waals surface area (Å²) in [4.78, 5) is 10.9. The predicted octanol–water partition coefficient (Wildman–Crippen LogP) is 14.3. The maximum Gasteiger partial charge on any atom is 0.145 e. The fourth-order valence-corrected chi connectivity index (χ4v) is 10.6. The van der Waals surface area contributed by atoms with E-state index in [-0.39, 0.29) is 6.17 Å². The van der Waals surface area contributed by atoms with E-state index in [1.807, 2.05) is 0 Å². The summed E-state index contributed by atoms with van der Waals surface area (Å²) in [6, 6.07) is 77.9. The van der Waals surface area contributed by atoms with Gasteiger partial charge in [-0.3, -0.25) is 4.99 Å². The third kappa shape index (κ3) is 5.49. The minimum Gasteiger partial charge on any atom is -0.457 e. The minimum atomic E-state index is -0.579. The number of rotatable bonds is 5. The molecular weight excluding hydrogens is 779 g/mol. The van der Waals surface area contributed by atoms with Crippen molar-refractivity contribution in [3.8, 4) is 45.0 Å². The van der Waals surface area contributed by atoms with Gasteiger partial charge in [0.15, 0.2) is 0 Å². The van der Waals surface area contributed by atoms with Crippen molar-refractivity contribution in [2.45, 2.75) is 11.6 Å². The third-order valence-electron chi connectivity index (χ3n) is 13.3. The Morgan fingerprint density at radius 2 is 1.06 bits per heavy atom. The molecule has 9 aromatic carbocycles. The summed E-state index contributed by atoms with van der Waals surface area (Å²) in [7, 11) is 0. The predicted molar refractivity (Wildman–Crippen MR) is 261 cm³/mol. The van der Waals surface area contributed by atoms with Crippen molar-refractivity contribution in [1.29, 1.82) is 0 Å². The molecule has 1 atom stereocenters. The van der Waals surface area contributed by atoms with E-state index in [1.54, 1.807) is 0 Å². The molecule has 64 heavy (non-hydrogen) atoms. The van der Waals surface area contributed by atoms with Gasteiger partial charge in [-0.15, -0.1) is 0 Å². The number of allylic oxidation sites excluding steroid dienone is 1. The number of ether oxygens (including phenoxy) is 1. The summed E-state index contributed by atoms with van der Waals surface area (Å²) >= 11 is 0. The average molecular weight is 818 g/mol. The highest BCUT2D eigenvalue weighted by molar-refractivity contribution is 6.20. The zero-order chi connectivity index (χ0) is 42.2. The summed E-state index contributed by atoms with van der Waals surface area (Å²) in [5.41, 5.74) is 17.1. The number of fused-ring (bicyclic) bond motifs is 13. The molecule has 0 amide bonds. The molecule has 4 heteroatoms. The number of nitrogens with zero attached hydrogens (tertiary/aromatic N) is 2. The van der Waals surface area contributed by atoms with Gasteiger partial charge in [0.25, 0.3) is 0 Å². The Bertz CT molecular complexity index is 3510. The van der Waals surface area contributed by atoms with Gasteiger partial charge in [-0.05, 0) is 74.8 Å². The molecule has 1 N–H and O–H groups in total. The normalized spacial score (nSPS) is 15.3. The fourth-order valence-electron chi connectivity index (χ4n) is 10.6. The number of para-hydroxylation sites is 2. The first-order valence-corrected chi connectivity index (χ1v) is 21.9. The molecule has 0 bridgehead atoms. The van der Waals surface area contributed by atoms with Crippen molar-refractivity contribution in [2.75, 3.05) is 0 Å². The van der Waals surface area contributed by atoms with Crippen LogP contribution in [0.15, 0.2) is 229 Å². The van der Waals surface area contributed by atoms with Gasteiger partial charge >= 0.3 is 0 Å². The van der Waals surface area contributed by atoms with Crippen LogP contribution in [0.2, 0.25) is 0 Å². The second-order valence-electron chi connectivity index (χ2n) is 16.8. The van der Waals surface area contributed by atoms with Crippen LogP contribution >= 0.6 is 0 Å². The van der Waals surface area contributed by atoms with Crippen molar-refractivity contribution in [3.05, 3.63) is 263 Å².